The van der Waals surface area contributed by atoms with Gasteiger partial charge in [0.2, 0.25) is 17.7 Å². The summed E-state index contributed by atoms with van der Waals surface area (Å²) in [6.07, 6.45) is -3.94. The summed E-state index contributed by atoms with van der Waals surface area (Å²) in [5.74, 6) is -7.47. The molecule has 0 aliphatic heterocycles. The van der Waals surface area contributed by atoms with Crippen LogP contribution in [0, 0.1) is 0 Å². The summed E-state index contributed by atoms with van der Waals surface area (Å²) < 4.78 is 119. The Bertz CT molecular complexity index is 2140. The van der Waals surface area contributed by atoms with Gasteiger partial charge in [-0.05, 0) is 20.8 Å². The summed E-state index contributed by atoms with van der Waals surface area (Å²) in [5, 5.41) is 11.3. The van der Waals surface area contributed by atoms with Gasteiger partial charge in [0, 0.05) is 19.3 Å². The molecule has 606 valence electrons. The van der Waals surface area contributed by atoms with E-state index in [1.54, 1.807) is 20.8 Å². The lowest BCUT2D eigenvalue weighted by atomic mass is 10.0. The first kappa shape index (κ1) is 97.4. The molecule has 105 heavy (non-hydrogen) atoms. The molecule has 0 saturated heterocycles. The SMILES string of the molecule is COC(=O)CCOCC(COCCC(=O)OC)(COCCC(=O)OC)NC(=O)CCOCC(COCCC(=O)NC(COCCC(=O)OC)(COCCC(=O)OC)COCCC(=O)OC)(COCCC(=O)NC(COCCC(=O)OC)(COCCC(=O)OC)COCCC(=O)OC)NC(=O)OC(C)(C)C. The van der Waals surface area contributed by atoms with E-state index in [0.717, 1.165) is 0 Å². The minimum absolute atomic E-state index is 0.179. The number of alkyl carbamates (subject to hydrolysis) is 1. The smallest absolute Gasteiger partial charge is 0.408 e. The summed E-state index contributed by atoms with van der Waals surface area (Å²) in [7, 11) is 10.7. The molecular formula is C66H112N4O35. The van der Waals surface area contributed by atoms with Crippen molar-refractivity contribution < 1.29 is 167 Å². The average Bonchev–Trinajstić information content (AvgIpc) is 0.864. The molecule has 0 aromatic carbocycles. The van der Waals surface area contributed by atoms with E-state index < -0.39 is 164 Å². The van der Waals surface area contributed by atoms with Crippen LogP contribution in [0.15, 0.2) is 0 Å². The highest BCUT2D eigenvalue weighted by atomic mass is 16.6. The van der Waals surface area contributed by atoms with Crippen LogP contribution < -0.4 is 21.3 Å². The topological polar surface area (TPSA) is 473 Å². The zero-order valence-electron chi connectivity index (χ0n) is 62.7. The molecule has 0 rings (SSSR count). The molecule has 0 saturated carbocycles. The Morgan fingerprint density at radius 2 is 0.343 bits per heavy atom. The fraction of sp³-hybridized carbons (Fsp3) is 0.803. The van der Waals surface area contributed by atoms with Gasteiger partial charge in [-0.15, -0.1) is 0 Å². The quantitative estimate of drug-likeness (QED) is 0.0331. The lowest BCUT2D eigenvalue weighted by Gasteiger charge is -2.36. The predicted molar refractivity (Wildman–Crippen MR) is 358 cm³/mol. The van der Waals surface area contributed by atoms with Crippen molar-refractivity contribution in [1.29, 1.82) is 0 Å². The van der Waals surface area contributed by atoms with E-state index in [2.05, 4.69) is 21.3 Å². The number of nitrogens with one attached hydrogen (secondary N) is 4. The van der Waals surface area contributed by atoms with E-state index in [0.29, 0.717) is 0 Å². The molecule has 0 heterocycles. The summed E-state index contributed by atoms with van der Waals surface area (Å²) in [6, 6.07) is 0. The molecule has 39 heteroatoms. The van der Waals surface area contributed by atoms with Crippen LogP contribution in [0.3, 0.4) is 0 Å². The number of rotatable bonds is 64. The van der Waals surface area contributed by atoms with Crippen molar-refractivity contribution in [3.63, 3.8) is 0 Å². The first-order valence-corrected chi connectivity index (χ1v) is 33.5. The van der Waals surface area contributed by atoms with E-state index in [-0.39, 0.29) is 177 Å². The summed E-state index contributed by atoms with van der Waals surface area (Å²) in [4.78, 5) is 165. The van der Waals surface area contributed by atoms with Gasteiger partial charge in [0.25, 0.3) is 0 Å². The van der Waals surface area contributed by atoms with Crippen molar-refractivity contribution in [3.05, 3.63) is 0 Å². The Kier molecular flexibility index (Phi) is 53.5. The lowest BCUT2D eigenvalue weighted by molar-refractivity contribution is -0.145. The molecule has 0 aliphatic rings. The Morgan fingerprint density at radius 3 is 0.476 bits per heavy atom. The molecule has 0 bridgehead atoms. The monoisotopic (exact) mass is 1520 g/mol. The third-order valence-electron chi connectivity index (χ3n) is 14.0. The van der Waals surface area contributed by atoms with Crippen molar-refractivity contribution in [2.24, 2.45) is 0 Å². The predicted octanol–water partition coefficient (Wildman–Crippen LogP) is -0.748. The lowest BCUT2D eigenvalue weighted by Crippen LogP contribution is -2.60. The fourth-order valence-electron chi connectivity index (χ4n) is 8.55. The van der Waals surface area contributed by atoms with Crippen molar-refractivity contribution in [2.45, 2.75) is 126 Å². The maximum Gasteiger partial charge on any atom is 0.408 e. The maximum absolute atomic E-state index is 14.2. The van der Waals surface area contributed by atoms with Crippen molar-refractivity contribution >= 4 is 77.5 Å². The first-order chi connectivity index (χ1) is 50.0. The highest BCUT2D eigenvalue weighted by Gasteiger charge is 2.40. The van der Waals surface area contributed by atoms with Gasteiger partial charge in [-0.2, -0.15) is 0 Å². The average molecular weight is 1520 g/mol. The molecule has 0 radical (unpaired) electrons. The van der Waals surface area contributed by atoms with Crippen LogP contribution in [0.2, 0.25) is 0 Å². The molecule has 39 nitrogen and oxygen atoms in total. The Balaban J connectivity index is 7.69. The van der Waals surface area contributed by atoms with Crippen LogP contribution in [0.25, 0.3) is 0 Å². The minimum atomic E-state index is -1.83. The molecule has 4 amide bonds. The molecule has 0 aliphatic carbocycles. The summed E-state index contributed by atoms with van der Waals surface area (Å²) >= 11 is 0. The van der Waals surface area contributed by atoms with E-state index in [4.69, 9.17) is 104 Å². The highest BCUT2D eigenvalue weighted by Crippen LogP contribution is 2.18. The van der Waals surface area contributed by atoms with Gasteiger partial charge < -0.3 is 125 Å². The van der Waals surface area contributed by atoms with Gasteiger partial charge in [0.15, 0.2) is 0 Å². The highest BCUT2D eigenvalue weighted by molar-refractivity contribution is 5.78. The van der Waals surface area contributed by atoms with Crippen LogP contribution in [0.5, 0.6) is 0 Å². The van der Waals surface area contributed by atoms with Gasteiger partial charge in [-0.25, -0.2) is 4.79 Å². The summed E-state index contributed by atoms with van der Waals surface area (Å²) in [5.41, 5.74) is -7.61. The summed E-state index contributed by atoms with van der Waals surface area (Å²) in [6.45, 7) is -2.85. The van der Waals surface area contributed by atoms with Gasteiger partial charge in [-0.1, -0.05) is 0 Å². The number of amides is 4. The van der Waals surface area contributed by atoms with E-state index >= 15 is 0 Å². The number of carbonyl (C=O) groups is 13. The number of methoxy groups -OCH3 is 9. The largest absolute Gasteiger partial charge is 0.469 e. The first-order valence-electron chi connectivity index (χ1n) is 33.5. The molecule has 0 atom stereocenters. The van der Waals surface area contributed by atoms with Crippen LogP contribution in [-0.2, 0) is 162 Å². The Hall–Kier alpha value is -7.57. The van der Waals surface area contributed by atoms with Crippen molar-refractivity contribution in [1.82, 2.24) is 21.3 Å². The van der Waals surface area contributed by atoms with Gasteiger partial charge in [-0.3, -0.25) is 57.5 Å². The number of carbonyl (C=O) groups excluding carboxylic acids is 13. The molecule has 0 unspecified atom stereocenters. The van der Waals surface area contributed by atoms with E-state index in [1.807, 2.05) is 0 Å². The number of hydrogen-bond acceptors (Lipinski definition) is 35. The van der Waals surface area contributed by atoms with Crippen LogP contribution >= 0.6 is 0 Å². The molecule has 0 fully saturated rings. The number of esters is 9. The number of hydrogen-bond donors (Lipinski definition) is 4. The van der Waals surface area contributed by atoms with Crippen LogP contribution in [0.1, 0.15) is 97.8 Å². The molecule has 0 spiro atoms. The number of ether oxygens (including phenoxy) is 22. The standard InChI is InChI=1S/C66H112N4O35/c1-62(2,3)105-61(83)70-66(46-93-25-13-49(71)67-63(37-96-28-16-52(74)84-4,38-97-29-17-53(75)85-5)39-98-30-18-54(76)86-6,47-94-26-14-50(72)68-64(40-99-31-19-55(77)87-7,41-100-32-20-56(78)88-8)42-101-33-21-57(79)89-9)48-95-27-15-51(73)69-65(43-102-34-22-58(80)90-10,44-103-35-23-59(81)91-11)45-104-36-24-60(82)92-12/h13-48H2,1-12H3,(H,67,71)(H,68,72)(H,69,73)(H,70,83). The second-order valence-electron chi connectivity index (χ2n) is 24.2. The normalized spacial score (nSPS) is 11.7. The molecule has 4 N–H and O–H groups in total. The minimum Gasteiger partial charge on any atom is -0.469 e. The second kappa shape index (κ2) is 57.6. The third kappa shape index (κ3) is 49.8. The van der Waals surface area contributed by atoms with Crippen LogP contribution in [0.4, 0.5) is 4.79 Å². The zero-order chi connectivity index (χ0) is 78.8. The molecule has 0 aromatic rings. The van der Waals surface area contributed by atoms with Crippen molar-refractivity contribution in [3.8, 4) is 0 Å². The van der Waals surface area contributed by atoms with E-state index in [9.17, 15) is 62.3 Å². The van der Waals surface area contributed by atoms with E-state index in [1.165, 1.54) is 64.0 Å². The van der Waals surface area contributed by atoms with Gasteiger partial charge >= 0.3 is 59.8 Å². The maximum atomic E-state index is 14.2. The van der Waals surface area contributed by atoms with Crippen molar-refractivity contribution in [2.75, 3.05) is 223 Å². The Morgan fingerprint density at radius 1 is 0.210 bits per heavy atom. The fourth-order valence-corrected chi connectivity index (χ4v) is 8.55. The third-order valence-corrected chi connectivity index (χ3v) is 14.0. The Labute approximate surface area is 611 Å². The van der Waals surface area contributed by atoms with Gasteiger partial charge in [0.1, 0.15) is 27.8 Å². The van der Waals surface area contributed by atoms with Crippen LogP contribution in [-0.4, -0.2) is 328 Å². The zero-order valence-corrected chi connectivity index (χ0v) is 62.7. The second-order valence-corrected chi connectivity index (χ2v) is 24.2. The molecular weight excluding hydrogens is 1410 g/mol. The van der Waals surface area contributed by atoms with Gasteiger partial charge in [0.05, 0.1) is 280 Å². The molecule has 0 aromatic heterocycles.